The number of hydrogen-bond donors (Lipinski definition) is 1. The van der Waals surface area contributed by atoms with Gasteiger partial charge in [0.05, 0.1) is 0 Å². The molecular formula is C12H20OS. The van der Waals surface area contributed by atoms with Gasteiger partial charge in [-0.15, -0.1) is 11.3 Å². The molecule has 1 aromatic rings. The maximum absolute atomic E-state index is 8.95. The fourth-order valence-corrected chi connectivity index (χ4v) is 2.65. The third kappa shape index (κ3) is 3.81. The molecule has 0 fully saturated rings. The molecule has 80 valence electrons. The standard InChI is InChI=1S/C12H20OS/c1-3-4-5-11-6-7-12(14-11)8-10(2)9-13/h6-7,10,13H,3-5,8-9H2,1-2H3/t10-/m0/s1. The van der Waals surface area contributed by atoms with Crippen molar-refractivity contribution in [1.29, 1.82) is 0 Å². The zero-order chi connectivity index (χ0) is 10.4. The van der Waals surface area contributed by atoms with E-state index in [0.717, 1.165) is 6.42 Å². The summed E-state index contributed by atoms with van der Waals surface area (Å²) in [4.78, 5) is 2.91. The molecule has 0 saturated carbocycles. The zero-order valence-electron chi connectivity index (χ0n) is 9.12. The van der Waals surface area contributed by atoms with Gasteiger partial charge in [-0.05, 0) is 37.3 Å². The highest BCUT2D eigenvalue weighted by Gasteiger charge is 2.04. The second-order valence-corrected chi connectivity index (χ2v) is 5.22. The lowest BCUT2D eigenvalue weighted by molar-refractivity contribution is 0.237. The number of rotatable bonds is 6. The summed E-state index contributed by atoms with van der Waals surface area (Å²) in [6, 6.07) is 4.45. The van der Waals surface area contributed by atoms with Crippen LogP contribution in [0.15, 0.2) is 12.1 Å². The van der Waals surface area contributed by atoms with E-state index in [2.05, 4.69) is 26.0 Å². The molecule has 0 unspecified atom stereocenters. The van der Waals surface area contributed by atoms with Crippen LogP contribution in [-0.4, -0.2) is 11.7 Å². The van der Waals surface area contributed by atoms with Crippen molar-refractivity contribution < 1.29 is 5.11 Å². The van der Waals surface area contributed by atoms with E-state index in [1.54, 1.807) is 0 Å². The average Bonchev–Trinajstić information content (AvgIpc) is 2.62. The van der Waals surface area contributed by atoms with Crippen molar-refractivity contribution in [3.05, 3.63) is 21.9 Å². The van der Waals surface area contributed by atoms with Gasteiger partial charge in [0.25, 0.3) is 0 Å². The summed E-state index contributed by atoms with van der Waals surface area (Å²) in [5, 5.41) is 8.95. The van der Waals surface area contributed by atoms with Crippen LogP contribution >= 0.6 is 11.3 Å². The van der Waals surface area contributed by atoms with E-state index in [-0.39, 0.29) is 0 Å². The summed E-state index contributed by atoms with van der Waals surface area (Å²) in [5.74, 6) is 0.396. The van der Waals surface area contributed by atoms with Crippen molar-refractivity contribution in [2.45, 2.75) is 39.5 Å². The number of unbranched alkanes of at least 4 members (excludes halogenated alkanes) is 1. The van der Waals surface area contributed by atoms with Crippen molar-refractivity contribution in [2.24, 2.45) is 5.92 Å². The smallest absolute Gasteiger partial charge is 0.0460 e. The summed E-state index contributed by atoms with van der Waals surface area (Å²) in [7, 11) is 0. The number of thiophene rings is 1. The first-order valence-electron chi connectivity index (χ1n) is 5.44. The number of aryl methyl sites for hydroxylation is 1. The first-order valence-corrected chi connectivity index (χ1v) is 6.26. The number of aliphatic hydroxyl groups excluding tert-OH is 1. The third-order valence-corrected chi connectivity index (χ3v) is 3.52. The molecule has 0 amide bonds. The van der Waals surface area contributed by atoms with Gasteiger partial charge in [0.1, 0.15) is 0 Å². The Morgan fingerprint density at radius 2 is 2.07 bits per heavy atom. The van der Waals surface area contributed by atoms with Crippen molar-refractivity contribution in [3.63, 3.8) is 0 Å². The van der Waals surface area contributed by atoms with Crippen LogP contribution < -0.4 is 0 Å². The predicted molar refractivity (Wildman–Crippen MR) is 62.9 cm³/mol. The van der Waals surface area contributed by atoms with Crippen LogP contribution in [0.2, 0.25) is 0 Å². The van der Waals surface area contributed by atoms with Crippen molar-refractivity contribution in [3.8, 4) is 0 Å². The lowest BCUT2D eigenvalue weighted by atomic mass is 10.1. The van der Waals surface area contributed by atoms with E-state index in [0.29, 0.717) is 12.5 Å². The summed E-state index contributed by atoms with van der Waals surface area (Å²) in [6.45, 7) is 4.61. The predicted octanol–water partition coefficient (Wildman–Crippen LogP) is 3.26. The van der Waals surface area contributed by atoms with Crippen LogP contribution in [0.5, 0.6) is 0 Å². The topological polar surface area (TPSA) is 20.2 Å². The minimum Gasteiger partial charge on any atom is -0.396 e. The molecule has 1 N–H and O–H groups in total. The minimum atomic E-state index is 0.294. The highest BCUT2D eigenvalue weighted by atomic mass is 32.1. The van der Waals surface area contributed by atoms with Gasteiger partial charge in [0.2, 0.25) is 0 Å². The Bertz CT molecular complexity index is 255. The van der Waals surface area contributed by atoms with Crippen molar-refractivity contribution in [1.82, 2.24) is 0 Å². The normalized spacial score (nSPS) is 13.1. The fourth-order valence-electron chi connectivity index (χ4n) is 1.43. The van der Waals surface area contributed by atoms with Gasteiger partial charge < -0.3 is 5.11 Å². The Labute approximate surface area is 90.8 Å². The molecule has 1 heterocycles. The molecule has 0 aliphatic heterocycles. The van der Waals surface area contributed by atoms with E-state index in [1.807, 2.05) is 11.3 Å². The minimum absolute atomic E-state index is 0.294. The monoisotopic (exact) mass is 212 g/mol. The average molecular weight is 212 g/mol. The molecule has 14 heavy (non-hydrogen) atoms. The maximum Gasteiger partial charge on any atom is 0.0460 e. The number of hydrogen-bond acceptors (Lipinski definition) is 2. The van der Waals surface area contributed by atoms with Crippen LogP contribution in [0.1, 0.15) is 36.4 Å². The van der Waals surface area contributed by atoms with Crippen LogP contribution in [-0.2, 0) is 12.8 Å². The highest BCUT2D eigenvalue weighted by Crippen LogP contribution is 2.21. The first kappa shape index (κ1) is 11.7. The fraction of sp³-hybridized carbons (Fsp3) is 0.667. The first-order chi connectivity index (χ1) is 6.76. The molecule has 2 heteroatoms. The van der Waals surface area contributed by atoms with Gasteiger partial charge in [-0.2, -0.15) is 0 Å². The second kappa shape index (κ2) is 6.20. The summed E-state index contributed by atoms with van der Waals surface area (Å²) in [6.07, 6.45) is 4.79. The molecule has 1 aromatic heterocycles. The van der Waals surface area contributed by atoms with E-state index < -0.39 is 0 Å². The molecule has 1 atom stereocenters. The molecule has 0 radical (unpaired) electrons. The summed E-state index contributed by atoms with van der Waals surface area (Å²) >= 11 is 1.91. The molecule has 0 spiro atoms. The van der Waals surface area contributed by atoms with Crippen molar-refractivity contribution >= 4 is 11.3 Å². The Morgan fingerprint density at radius 1 is 1.36 bits per heavy atom. The van der Waals surface area contributed by atoms with E-state index in [4.69, 9.17) is 5.11 Å². The highest BCUT2D eigenvalue weighted by molar-refractivity contribution is 7.11. The summed E-state index contributed by atoms with van der Waals surface area (Å²) in [5.41, 5.74) is 0. The second-order valence-electron chi connectivity index (χ2n) is 3.96. The van der Waals surface area contributed by atoms with Gasteiger partial charge in [-0.25, -0.2) is 0 Å². The molecule has 1 nitrogen and oxygen atoms in total. The molecule has 0 aliphatic carbocycles. The maximum atomic E-state index is 8.95. The molecule has 1 rings (SSSR count). The van der Waals surface area contributed by atoms with Crippen LogP contribution in [0, 0.1) is 5.92 Å². The zero-order valence-corrected chi connectivity index (χ0v) is 9.94. The van der Waals surface area contributed by atoms with Gasteiger partial charge in [0, 0.05) is 16.4 Å². The Kier molecular flexibility index (Phi) is 5.20. The molecule has 0 saturated heterocycles. The molecule has 0 bridgehead atoms. The largest absolute Gasteiger partial charge is 0.396 e. The Hall–Kier alpha value is -0.340. The van der Waals surface area contributed by atoms with Crippen LogP contribution in [0.3, 0.4) is 0 Å². The lowest BCUT2D eigenvalue weighted by Crippen LogP contribution is -2.02. The van der Waals surface area contributed by atoms with Crippen LogP contribution in [0.4, 0.5) is 0 Å². The van der Waals surface area contributed by atoms with Gasteiger partial charge >= 0.3 is 0 Å². The molecule has 0 aliphatic rings. The Morgan fingerprint density at radius 3 is 2.71 bits per heavy atom. The quantitative estimate of drug-likeness (QED) is 0.767. The van der Waals surface area contributed by atoms with E-state index >= 15 is 0 Å². The number of aliphatic hydroxyl groups is 1. The summed E-state index contributed by atoms with van der Waals surface area (Å²) < 4.78 is 0. The lowest BCUT2D eigenvalue weighted by Gasteiger charge is -2.03. The van der Waals surface area contributed by atoms with Crippen LogP contribution in [0.25, 0.3) is 0 Å². The Balaban J connectivity index is 2.42. The van der Waals surface area contributed by atoms with E-state index in [9.17, 15) is 0 Å². The SMILES string of the molecule is CCCCc1ccc(C[C@H](C)CO)s1. The van der Waals surface area contributed by atoms with Gasteiger partial charge in [-0.1, -0.05) is 20.3 Å². The van der Waals surface area contributed by atoms with Gasteiger partial charge in [-0.3, -0.25) is 0 Å². The third-order valence-electron chi connectivity index (χ3n) is 2.36. The van der Waals surface area contributed by atoms with E-state index in [1.165, 1.54) is 29.0 Å². The molecular weight excluding hydrogens is 192 g/mol. The van der Waals surface area contributed by atoms with Crippen molar-refractivity contribution in [2.75, 3.05) is 6.61 Å². The molecule has 0 aromatic carbocycles. The van der Waals surface area contributed by atoms with Gasteiger partial charge in [0.15, 0.2) is 0 Å².